The molecule has 0 fully saturated rings. The average molecular weight is 408 g/mol. The summed E-state index contributed by atoms with van der Waals surface area (Å²) >= 11 is 1.15. The molecule has 0 aliphatic heterocycles. The number of methoxy groups -OCH3 is 3. The molecular weight excluding hydrogens is 387 g/mol. The summed E-state index contributed by atoms with van der Waals surface area (Å²) in [5, 5.41) is 5.35. The number of carbonyl (C=O) groups excluding carboxylic acids is 2. The summed E-state index contributed by atoms with van der Waals surface area (Å²) in [6.07, 6.45) is 0. The topological polar surface area (TPSA) is 85.9 Å². The molecule has 0 radical (unpaired) electrons. The number of carbonyl (C=O) groups is 2. The number of nitrogens with one attached hydrogen (secondary N) is 2. The van der Waals surface area contributed by atoms with Crippen molar-refractivity contribution >= 4 is 35.0 Å². The molecule has 0 saturated heterocycles. The second-order valence-electron chi connectivity index (χ2n) is 5.51. The van der Waals surface area contributed by atoms with E-state index in [1.807, 2.05) is 0 Å². The van der Waals surface area contributed by atoms with Crippen molar-refractivity contribution < 1.29 is 28.2 Å². The average Bonchev–Trinajstić information content (AvgIpc) is 2.68. The van der Waals surface area contributed by atoms with Gasteiger partial charge in [0.05, 0.1) is 32.8 Å². The minimum absolute atomic E-state index is 0.0769. The molecule has 0 aromatic heterocycles. The maximum Gasteiger partial charge on any atom is 0.234 e. The summed E-state index contributed by atoms with van der Waals surface area (Å²) in [5.41, 5.74) is 0.977. The lowest BCUT2D eigenvalue weighted by atomic mass is 10.2. The van der Waals surface area contributed by atoms with Crippen LogP contribution in [0.25, 0.3) is 0 Å². The monoisotopic (exact) mass is 408 g/mol. The summed E-state index contributed by atoms with van der Waals surface area (Å²) in [7, 11) is 4.46. The van der Waals surface area contributed by atoms with Crippen LogP contribution in [0.1, 0.15) is 0 Å². The molecule has 0 atom stereocenters. The number of halogens is 1. The fourth-order valence-corrected chi connectivity index (χ4v) is 2.93. The second kappa shape index (κ2) is 10.4. The molecule has 150 valence electrons. The van der Waals surface area contributed by atoms with Crippen LogP contribution in [0.5, 0.6) is 17.2 Å². The highest BCUT2D eigenvalue weighted by molar-refractivity contribution is 8.00. The maximum atomic E-state index is 12.8. The quantitative estimate of drug-likeness (QED) is 0.663. The van der Waals surface area contributed by atoms with Crippen LogP contribution >= 0.6 is 11.8 Å². The van der Waals surface area contributed by atoms with Gasteiger partial charge in [0, 0.05) is 23.5 Å². The van der Waals surface area contributed by atoms with Gasteiger partial charge in [-0.25, -0.2) is 4.39 Å². The van der Waals surface area contributed by atoms with Gasteiger partial charge in [0.1, 0.15) is 5.82 Å². The van der Waals surface area contributed by atoms with Crippen molar-refractivity contribution in [2.75, 3.05) is 43.5 Å². The third kappa shape index (κ3) is 6.05. The summed E-state index contributed by atoms with van der Waals surface area (Å²) < 4.78 is 28.6. The third-order valence-corrected chi connectivity index (χ3v) is 4.48. The highest BCUT2D eigenvalue weighted by Crippen LogP contribution is 2.39. The van der Waals surface area contributed by atoms with E-state index < -0.39 is 0 Å². The van der Waals surface area contributed by atoms with Gasteiger partial charge in [-0.1, -0.05) is 0 Å². The maximum absolute atomic E-state index is 12.8. The Morgan fingerprint density at radius 1 is 0.857 bits per heavy atom. The van der Waals surface area contributed by atoms with E-state index >= 15 is 0 Å². The Kier molecular flexibility index (Phi) is 7.94. The number of thioether (sulfide) groups is 1. The summed E-state index contributed by atoms with van der Waals surface area (Å²) in [4.78, 5) is 24.0. The molecule has 0 unspecified atom stereocenters. The molecule has 28 heavy (non-hydrogen) atoms. The molecule has 2 aromatic rings. The van der Waals surface area contributed by atoms with Crippen molar-refractivity contribution in [3.05, 3.63) is 42.2 Å². The summed E-state index contributed by atoms with van der Waals surface area (Å²) in [6, 6.07) is 8.68. The highest BCUT2D eigenvalue weighted by Gasteiger charge is 2.14. The number of rotatable bonds is 9. The fraction of sp³-hybridized carbons (Fsp3) is 0.263. The molecule has 0 aliphatic rings. The van der Waals surface area contributed by atoms with Crippen LogP contribution in [0.2, 0.25) is 0 Å². The lowest BCUT2D eigenvalue weighted by Gasteiger charge is -2.14. The smallest absolute Gasteiger partial charge is 0.234 e. The zero-order valence-corrected chi connectivity index (χ0v) is 16.5. The van der Waals surface area contributed by atoms with E-state index in [9.17, 15) is 14.0 Å². The van der Waals surface area contributed by atoms with Crippen LogP contribution in [0.3, 0.4) is 0 Å². The van der Waals surface area contributed by atoms with Gasteiger partial charge in [0.2, 0.25) is 17.6 Å². The van der Waals surface area contributed by atoms with E-state index in [4.69, 9.17) is 14.2 Å². The first-order chi connectivity index (χ1) is 13.5. The van der Waals surface area contributed by atoms with Crippen molar-refractivity contribution in [2.45, 2.75) is 0 Å². The second-order valence-corrected chi connectivity index (χ2v) is 6.50. The van der Waals surface area contributed by atoms with E-state index in [2.05, 4.69) is 10.6 Å². The first kappa shape index (κ1) is 21.4. The molecule has 2 N–H and O–H groups in total. The number of anilines is 2. The van der Waals surface area contributed by atoms with Crippen LogP contribution in [0, 0.1) is 5.82 Å². The number of amides is 2. The number of hydrogen-bond donors (Lipinski definition) is 2. The normalized spacial score (nSPS) is 10.1. The molecule has 2 amide bonds. The van der Waals surface area contributed by atoms with E-state index in [0.717, 1.165) is 11.8 Å². The molecule has 0 aliphatic carbocycles. The van der Waals surface area contributed by atoms with Crippen molar-refractivity contribution in [1.82, 2.24) is 0 Å². The SMILES string of the molecule is COc1cc(NC(=O)CSCC(=O)Nc2ccc(F)cc2)cc(OC)c1OC. The molecular formula is C19H21FN2O5S. The van der Waals surface area contributed by atoms with Crippen molar-refractivity contribution in [3.8, 4) is 17.2 Å². The first-order valence-corrected chi connectivity index (χ1v) is 9.35. The molecule has 2 rings (SSSR count). The molecule has 0 saturated carbocycles. The minimum atomic E-state index is -0.379. The predicted molar refractivity (Wildman–Crippen MR) is 107 cm³/mol. The van der Waals surface area contributed by atoms with Gasteiger partial charge in [0.25, 0.3) is 0 Å². The van der Waals surface area contributed by atoms with Gasteiger partial charge in [-0.15, -0.1) is 11.8 Å². The zero-order valence-electron chi connectivity index (χ0n) is 15.7. The Hall–Kier alpha value is -2.94. The Morgan fingerprint density at radius 2 is 1.36 bits per heavy atom. The van der Waals surface area contributed by atoms with Gasteiger partial charge in [-0.05, 0) is 24.3 Å². The lowest BCUT2D eigenvalue weighted by Crippen LogP contribution is -2.18. The molecule has 0 spiro atoms. The predicted octanol–water partition coefficient (Wildman–Crippen LogP) is 3.16. The first-order valence-electron chi connectivity index (χ1n) is 8.19. The van der Waals surface area contributed by atoms with Crippen LogP contribution < -0.4 is 24.8 Å². The largest absolute Gasteiger partial charge is 0.493 e. The molecule has 2 aromatic carbocycles. The van der Waals surface area contributed by atoms with Crippen molar-refractivity contribution in [3.63, 3.8) is 0 Å². The van der Waals surface area contributed by atoms with E-state index in [1.54, 1.807) is 12.1 Å². The summed E-state index contributed by atoms with van der Waals surface area (Å²) in [6.45, 7) is 0. The van der Waals surface area contributed by atoms with Gasteiger partial charge < -0.3 is 24.8 Å². The lowest BCUT2D eigenvalue weighted by molar-refractivity contribution is -0.114. The van der Waals surface area contributed by atoms with Crippen LogP contribution in [0.4, 0.5) is 15.8 Å². The van der Waals surface area contributed by atoms with Crippen LogP contribution in [-0.2, 0) is 9.59 Å². The van der Waals surface area contributed by atoms with Gasteiger partial charge in [0.15, 0.2) is 11.5 Å². The third-order valence-electron chi connectivity index (χ3n) is 3.54. The van der Waals surface area contributed by atoms with Crippen molar-refractivity contribution in [1.29, 1.82) is 0 Å². The zero-order chi connectivity index (χ0) is 20.5. The van der Waals surface area contributed by atoms with E-state index in [1.165, 1.54) is 45.6 Å². The number of benzene rings is 2. The Bertz CT molecular complexity index is 805. The van der Waals surface area contributed by atoms with E-state index in [-0.39, 0.29) is 29.1 Å². The Labute approximate surface area is 166 Å². The number of ether oxygens (including phenoxy) is 3. The van der Waals surface area contributed by atoms with Crippen molar-refractivity contribution in [2.24, 2.45) is 0 Å². The fourth-order valence-electron chi connectivity index (χ4n) is 2.32. The van der Waals surface area contributed by atoms with E-state index in [0.29, 0.717) is 28.6 Å². The molecule has 0 heterocycles. The highest BCUT2D eigenvalue weighted by atomic mass is 32.2. The number of hydrogen-bond acceptors (Lipinski definition) is 6. The van der Waals surface area contributed by atoms with Gasteiger partial charge in [-0.3, -0.25) is 9.59 Å². The molecule has 0 bridgehead atoms. The minimum Gasteiger partial charge on any atom is -0.493 e. The molecule has 7 nitrogen and oxygen atoms in total. The van der Waals surface area contributed by atoms with Crippen LogP contribution in [-0.4, -0.2) is 44.6 Å². The summed E-state index contributed by atoms with van der Waals surface area (Å²) in [5.74, 6) is 0.483. The van der Waals surface area contributed by atoms with Gasteiger partial charge in [-0.2, -0.15) is 0 Å². The standard InChI is InChI=1S/C19H21FN2O5S/c1-25-15-8-14(9-16(26-2)19(15)27-3)22-18(24)11-28-10-17(23)21-13-6-4-12(20)5-7-13/h4-9H,10-11H2,1-3H3,(H,21,23)(H,22,24). The van der Waals surface area contributed by atoms with Gasteiger partial charge >= 0.3 is 0 Å². The molecule has 9 heteroatoms. The Morgan fingerprint density at radius 3 is 1.82 bits per heavy atom. The van der Waals surface area contributed by atoms with Crippen LogP contribution in [0.15, 0.2) is 36.4 Å². The Balaban J connectivity index is 1.85.